The Morgan fingerprint density at radius 2 is 1.88 bits per heavy atom. The predicted octanol–water partition coefficient (Wildman–Crippen LogP) is 2.51. The highest BCUT2D eigenvalue weighted by molar-refractivity contribution is 5.25. The maximum atomic E-state index is 3.74. The molecule has 0 aromatic heterocycles. The van der Waals surface area contributed by atoms with E-state index in [2.05, 4.69) is 55.7 Å². The standard InChI is InChI=1S/C15H24N2/c1-4-12-5-7-13(8-6-12)15(11(2)3)17-14-9-16-10-14/h5-8,11,14-17H,4,9-10H2,1-3H3. The predicted molar refractivity (Wildman–Crippen MR) is 73.2 cm³/mol. The van der Waals surface area contributed by atoms with Crippen molar-refractivity contribution in [2.24, 2.45) is 5.92 Å². The van der Waals surface area contributed by atoms with Crippen molar-refractivity contribution in [2.75, 3.05) is 13.1 Å². The van der Waals surface area contributed by atoms with Gasteiger partial charge < -0.3 is 10.6 Å². The number of benzene rings is 1. The minimum absolute atomic E-state index is 0.480. The van der Waals surface area contributed by atoms with E-state index >= 15 is 0 Å². The van der Waals surface area contributed by atoms with Gasteiger partial charge in [0.25, 0.3) is 0 Å². The molecule has 0 aliphatic carbocycles. The Morgan fingerprint density at radius 1 is 1.24 bits per heavy atom. The zero-order valence-electron chi connectivity index (χ0n) is 11.2. The third-order valence-electron chi connectivity index (χ3n) is 3.61. The monoisotopic (exact) mass is 232 g/mol. The van der Waals surface area contributed by atoms with Gasteiger partial charge in [-0.1, -0.05) is 45.0 Å². The Hall–Kier alpha value is -0.860. The van der Waals surface area contributed by atoms with E-state index < -0.39 is 0 Å². The molecule has 0 saturated carbocycles. The van der Waals surface area contributed by atoms with E-state index in [9.17, 15) is 0 Å². The van der Waals surface area contributed by atoms with Gasteiger partial charge in [0.15, 0.2) is 0 Å². The molecule has 0 radical (unpaired) electrons. The molecule has 1 aliphatic rings. The maximum absolute atomic E-state index is 3.74. The Kier molecular flexibility index (Phi) is 4.19. The van der Waals surface area contributed by atoms with Crippen LogP contribution in [0.2, 0.25) is 0 Å². The van der Waals surface area contributed by atoms with Gasteiger partial charge in [-0.15, -0.1) is 0 Å². The molecule has 94 valence electrons. The quantitative estimate of drug-likeness (QED) is 0.815. The maximum Gasteiger partial charge on any atom is 0.0346 e. The van der Waals surface area contributed by atoms with Crippen molar-refractivity contribution in [3.63, 3.8) is 0 Å². The zero-order valence-corrected chi connectivity index (χ0v) is 11.2. The molecule has 1 aromatic rings. The van der Waals surface area contributed by atoms with Crippen LogP contribution in [0.15, 0.2) is 24.3 Å². The van der Waals surface area contributed by atoms with Crippen LogP contribution >= 0.6 is 0 Å². The fraction of sp³-hybridized carbons (Fsp3) is 0.600. The number of nitrogens with one attached hydrogen (secondary N) is 2. The van der Waals surface area contributed by atoms with E-state index in [0.29, 0.717) is 18.0 Å². The molecule has 0 spiro atoms. The average molecular weight is 232 g/mol. The second-order valence-corrected chi connectivity index (χ2v) is 5.34. The molecule has 1 saturated heterocycles. The van der Waals surface area contributed by atoms with Crippen LogP contribution in [-0.2, 0) is 6.42 Å². The van der Waals surface area contributed by atoms with Crippen LogP contribution < -0.4 is 10.6 Å². The van der Waals surface area contributed by atoms with Crippen LogP contribution in [-0.4, -0.2) is 19.1 Å². The van der Waals surface area contributed by atoms with Gasteiger partial charge in [0, 0.05) is 25.2 Å². The zero-order chi connectivity index (χ0) is 12.3. The van der Waals surface area contributed by atoms with Gasteiger partial charge in [0.2, 0.25) is 0 Å². The Labute approximate surface area is 105 Å². The van der Waals surface area contributed by atoms with E-state index in [1.54, 1.807) is 0 Å². The van der Waals surface area contributed by atoms with Crippen LogP contribution in [0, 0.1) is 5.92 Å². The first-order valence-corrected chi connectivity index (χ1v) is 6.76. The van der Waals surface area contributed by atoms with Crippen LogP contribution in [0.1, 0.15) is 37.9 Å². The largest absolute Gasteiger partial charge is 0.314 e. The van der Waals surface area contributed by atoms with Crippen LogP contribution in [0.3, 0.4) is 0 Å². The first-order valence-electron chi connectivity index (χ1n) is 6.76. The van der Waals surface area contributed by atoms with Crippen LogP contribution in [0.4, 0.5) is 0 Å². The van der Waals surface area contributed by atoms with Crippen molar-refractivity contribution in [3.05, 3.63) is 35.4 Å². The van der Waals surface area contributed by atoms with Crippen molar-refractivity contribution in [1.82, 2.24) is 10.6 Å². The average Bonchev–Trinajstić information content (AvgIpc) is 2.27. The molecule has 1 atom stereocenters. The molecule has 0 bridgehead atoms. The Bertz CT molecular complexity index is 338. The fourth-order valence-electron chi connectivity index (χ4n) is 2.29. The molecule has 0 amide bonds. The summed E-state index contributed by atoms with van der Waals surface area (Å²) in [5.41, 5.74) is 2.84. The Morgan fingerprint density at radius 3 is 2.29 bits per heavy atom. The summed E-state index contributed by atoms with van der Waals surface area (Å²) in [6, 6.07) is 10.2. The van der Waals surface area contributed by atoms with E-state index in [4.69, 9.17) is 0 Å². The van der Waals surface area contributed by atoms with Crippen molar-refractivity contribution < 1.29 is 0 Å². The molecular formula is C15H24N2. The summed E-state index contributed by atoms with van der Waals surface area (Å²) < 4.78 is 0. The van der Waals surface area contributed by atoms with E-state index in [1.807, 2.05) is 0 Å². The topological polar surface area (TPSA) is 24.1 Å². The molecule has 1 fully saturated rings. The smallest absolute Gasteiger partial charge is 0.0346 e. The molecule has 2 nitrogen and oxygen atoms in total. The minimum Gasteiger partial charge on any atom is -0.314 e. The van der Waals surface area contributed by atoms with E-state index in [0.717, 1.165) is 19.5 Å². The van der Waals surface area contributed by atoms with Crippen LogP contribution in [0.25, 0.3) is 0 Å². The number of hydrogen-bond donors (Lipinski definition) is 2. The van der Waals surface area contributed by atoms with Crippen molar-refractivity contribution >= 4 is 0 Å². The summed E-state index contributed by atoms with van der Waals surface area (Å²) in [5.74, 6) is 0.628. The van der Waals surface area contributed by atoms with Crippen molar-refractivity contribution in [2.45, 2.75) is 39.3 Å². The van der Waals surface area contributed by atoms with Gasteiger partial charge in [0.05, 0.1) is 0 Å². The molecule has 1 aromatic carbocycles. The van der Waals surface area contributed by atoms with Gasteiger partial charge in [-0.25, -0.2) is 0 Å². The Balaban J connectivity index is 2.07. The number of aryl methyl sites for hydroxylation is 1. The highest BCUT2D eigenvalue weighted by atomic mass is 15.1. The molecule has 1 unspecified atom stereocenters. The molecule has 1 aliphatic heterocycles. The molecular weight excluding hydrogens is 208 g/mol. The number of hydrogen-bond acceptors (Lipinski definition) is 2. The molecule has 2 heteroatoms. The fourth-order valence-corrected chi connectivity index (χ4v) is 2.29. The second-order valence-electron chi connectivity index (χ2n) is 5.34. The van der Waals surface area contributed by atoms with Gasteiger partial charge >= 0.3 is 0 Å². The van der Waals surface area contributed by atoms with Crippen molar-refractivity contribution in [3.8, 4) is 0 Å². The van der Waals surface area contributed by atoms with Gasteiger partial charge in [-0.2, -0.15) is 0 Å². The lowest BCUT2D eigenvalue weighted by Gasteiger charge is -2.34. The highest BCUT2D eigenvalue weighted by Crippen LogP contribution is 2.23. The summed E-state index contributed by atoms with van der Waals surface area (Å²) in [4.78, 5) is 0. The molecule has 1 heterocycles. The summed E-state index contributed by atoms with van der Waals surface area (Å²) in [6.07, 6.45) is 1.12. The van der Waals surface area contributed by atoms with E-state index in [-0.39, 0.29) is 0 Å². The third kappa shape index (κ3) is 3.08. The summed E-state index contributed by atoms with van der Waals surface area (Å²) >= 11 is 0. The molecule has 17 heavy (non-hydrogen) atoms. The summed E-state index contributed by atoms with van der Waals surface area (Å²) in [6.45, 7) is 8.99. The van der Waals surface area contributed by atoms with Crippen LogP contribution in [0.5, 0.6) is 0 Å². The SMILES string of the molecule is CCc1ccc(C(NC2CNC2)C(C)C)cc1. The lowest BCUT2D eigenvalue weighted by atomic mass is 9.93. The third-order valence-corrected chi connectivity index (χ3v) is 3.61. The van der Waals surface area contributed by atoms with Gasteiger partial charge in [0.1, 0.15) is 0 Å². The van der Waals surface area contributed by atoms with E-state index in [1.165, 1.54) is 11.1 Å². The van der Waals surface area contributed by atoms with Gasteiger partial charge in [-0.05, 0) is 23.5 Å². The lowest BCUT2D eigenvalue weighted by Crippen LogP contribution is -2.56. The van der Waals surface area contributed by atoms with Gasteiger partial charge in [-0.3, -0.25) is 0 Å². The highest BCUT2D eigenvalue weighted by Gasteiger charge is 2.23. The van der Waals surface area contributed by atoms with Crippen molar-refractivity contribution in [1.29, 1.82) is 0 Å². The molecule has 2 N–H and O–H groups in total. The molecule has 2 rings (SSSR count). The first-order chi connectivity index (χ1) is 8.20. The summed E-state index contributed by atoms with van der Waals surface area (Å²) in [7, 11) is 0. The minimum atomic E-state index is 0.480. The first kappa shape index (κ1) is 12.6. The number of rotatable bonds is 5. The second kappa shape index (κ2) is 5.65. The summed E-state index contributed by atoms with van der Waals surface area (Å²) in [5, 5.41) is 7.06. The lowest BCUT2D eigenvalue weighted by molar-refractivity contribution is 0.292. The normalized spacial score (nSPS) is 18.1.